The number of ether oxygens (including phenoxy) is 4. The standard InChI is InChI=1S/C31H40O9/c1-4-5-6-10-13-26(33)39-28-27(34)20(2)38-31(36)29(28)40-30(35)23(16-14-21-11-8-7-9-12-21)18-22-15-17-24(32)25(19-22)37-3/h7-9,11-12,15,17-20,27-29,31-32,34,36H,4-6,10,13-14,16H2,1-3H3. The fourth-order valence-corrected chi connectivity index (χ4v) is 4.51. The van der Waals surface area contributed by atoms with Crippen LogP contribution in [-0.2, 0) is 30.2 Å². The molecule has 1 heterocycles. The maximum Gasteiger partial charge on any atom is 0.334 e. The fraction of sp³-hybridized carbons (Fsp3) is 0.484. The zero-order chi connectivity index (χ0) is 29.1. The molecule has 2 aromatic rings. The second kappa shape index (κ2) is 15.4. The van der Waals surface area contributed by atoms with E-state index in [1.54, 1.807) is 18.2 Å². The molecule has 1 saturated heterocycles. The average Bonchev–Trinajstić information content (AvgIpc) is 2.95. The summed E-state index contributed by atoms with van der Waals surface area (Å²) in [5.74, 6) is -1.11. The predicted molar refractivity (Wildman–Crippen MR) is 148 cm³/mol. The summed E-state index contributed by atoms with van der Waals surface area (Å²) in [5.41, 5.74) is 1.85. The van der Waals surface area contributed by atoms with Crippen molar-refractivity contribution in [3.05, 3.63) is 65.2 Å². The lowest BCUT2D eigenvalue weighted by Gasteiger charge is -2.40. The number of carbonyl (C=O) groups is 2. The quantitative estimate of drug-likeness (QED) is 0.188. The molecular formula is C31H40O9. The summed E-state index contributed by atoms with van der Waals surface area (Å²) in [6, 6.07) is 14.3. The highest BCUT2D eigenvalue weighted by Gasteiger charge is 2.48. The first-order valence-corrected chi connectivity index (χ1v) is 13.8. The Kier molecular flexibility index (Phi) is 12.0. The number of hydrogen-bond donors (Lipinski definition) is 3. The van der Waals surface area contributed by atoms with E-state index in [2.05, 4.69) is 6.92 Å². The number of phenols is 1. The number of unbranched alkanes of at least 4 members (excludes halogenated alkanes) is 3. The molecule has 0 spiro atoms. The van der Waals surface area contributed by atoms with Crippen molar-refractivity contribution in [3.8, 4) is 11.5 Å². The van der Waals surface area contributed by atoms with Crippen molar-refractivity contribution < 1.29 is 43.9 Å². The minimum absolute atomic E-state index is 0.0435. The molecule has 5 atom stereocenters. The Labute approximate surface area is 235 Å². The number of aliphatic hydroxyl groups is 2. The van der Waals surface area contributed by atoms with E-state index in [0.29, 0.717) is 18.4 Å². The van der Waals surface area contributed by atoms with Crippen LogP contribution in [0.15, 0.2) is 54.1 Å². The van der Waals surface area contributed by atoms with Crippen molar-refractivity contribution in [1.29, 1.82) is 0 Å². The van der Waals surface area contributed by atoms with Gasteiger partial charge in [0.2, 0.25) is 0 Å². The van der Waals surface area contributed by atoms with Gasteiger partial charge in [0.1, 0.15) is 6.10 Å². The van der Waals surface area contributed by atoms with E-state index in [9.17, 15) is 24.9 Å². The Morgan fingerprint density at radius 3 is 2.42 bits per heavy atom. The first-order chi connectivity index (χ1) is 19.2. The van der Waals surface area contributed by atoms with Gasteiger partial charge in [0.05, 0.1) is 13.2 Å². The van der Waals surface area contributed by atoms with Crippen LogP contribution in [0.25, 0.3) is 6.08 Å². The van der Waals surface area contributed by atoms with Crippen molar-refractivity contribution in [2.45, 2.75) is 89.5 Å². The Morgan fingerprint density at radius 2 is 1.73 bits per heavy atom. The van der Waals surface area contributed by atoms with Gasteiger partial charge in [-0.1, -0.05) is 62.6 Å². The number of esters is 2. The number of aliphatic hydroxyl groups excluding tert-OH is 2. The van der Waals surface area contributed by atoms with Crippen LogP contribution in [0.1, 0.15) is 63.5 Å². The normalized spacial score (nSPS) is 22.9. The van der Waals surface area contributed by atoms with E-state index in [1.807, 2.05) is 30.3 Å². The molecular weight excluding hydrogens is 516 g/mol. The number of hydrogen-bond acceptors (Lipinski definition) is 9. The maximum atomic E-state index is 13.5. The Morgan fingerprint density at radius 1 is 0.975 bits per heavy atom. The van der Waals surface area contributed by atoms with Crippen LogP contribution in [0.2, 0.25) is 0 Å². The molecule has 0 radical (unpaired) electrons. The second-order valence-electron chi connectivity index (χ2n) is 9.94. The lowest BCUT2D eigenvalue weighted by molar-refractivity contribution is -0.285. The van der Waals surface area contributed by atoms with E-state index >= 15 is 0 Å². The Hall–Kier alpha value is -3.40. The van der Waals surface area contributed by atoms with Crippen molar-refractivity contribution in [2.24, 2.45) is 0 Å². The van der Waals surface area contributed by atoms with Crippen LogP contribution in [0.4, 0.5) is 0 Å². The third kappa shape index (κ3) is 8.81. The van der Waals surface area contributed by atoms with Gasteiger partial charge in [0.25, 0.3) is 0 Å². The monoisotopic (exact) mass is 556 g/mol. The number of aryl methyl sites for hydroxylation is 1. The Balaban J connectivity index is 1.83. The predicted octanol–water partition coefficient (Wildman–Crippen LogP) is 4.31. The summed E-state index contributed by atoms with van der Waals surface area (Å²) >= 11 is 0. The number of rotatable bonds is 13. The molecule has 9 nitrogen and oxygen atoms in total. The molecule has 5 unspecified atom stereocenters. The van der Waals surface area contributed by atoms with Crippen LogP contribution in [0.5, 0.6) is 11.5 Å². The number of phenolic OH excluding ortho intramolecular Hbond substituents is 1. The molecule has 1 fully saturated rings. The lowest BCUT2D eigenvalue weighted by atomic mass is 9.98. The SMILES string of the molecule is CCCCCCC(=O)OC1C(O)C(C)OC(O)C1OC(=O)C(=Cc1ccc(O)c(OC)c1)CCc1ccccc1. The second-order valence-corrected chi connectivity index (χ2v) is 9.94. The fourth-order valence-electron chi connectivity index (χ4n) is 4.51. The number of carbonyl (C=O) groups excluding carboxylic acids is 2. The smallest absolute Gasteiger partial charge is 0.334 e. The molecule has 3 N–H and O–H groups in total. The van der Waals surface area contributed by atoms with Crippen LogP contribution in [0.3, 0.4) is 0 Å². The minimum atomic E-state index is -1.61. The lowest BCUT2D eigenvalue weighted by Crippen LogP contribution is -2.59. The third-order valence-electron chi connectivity index (χ3n) is 6.85. The van der Waals surface area contributed by atoms with E-state index < -0.39 is 42.6 Å². The van der Waals surface area contributed by atoms with E-state index in [-0.39, 0.29) is 29.9 Å². The summed E-state index contributed by atoms with van der Waals surface area (Å²) in [5, 5.41) is 31.4. The van der Waals surface area contributed by atoms with E-state index in [4.69, 9.17) is 18.9 Å². The van der Waals surface area contributed by atoms with Crippen LogP contribution in [-0.4, -0.2) is 65.1 Å². The number of aromatic hydroxyl groups is 1. The van der Waals surface area contributed by atoms with E-state index in [0.717, 1.165) is 24.8 Å². The largest absolute Gasteiger partial charge is 0.504 e. The highest BCUT2D eigenvalue weighted by molar-refractivity contribution is 5.94. The van der Waals surface area contributed by atoms with Gasteiger partial charge in [-0.3, -0.25) is 4.79 Å². The van der Waals surface area contributed by atoms with Crippen LogP contribution in [0, 0.1) is 0 Å². The zero-order valence-corrected chi connectivity index (χ0v) is 23.3. The van der Waals surface area contributed by atoms with Crippen molar-refractivity contribution in [3.63, 3.8) is 0 Å². The van der Waals surface area contributed by atoms with E-state index in [1.165, 1.54) is 20.1 Å². The van der Waals surface area contributed by atoms with Gasteiger partial charge in [-0.25, -0.2) is 4.79 Å². The average molecular weight is 557 g/mol. The maximum absolute atomic E-state index is 13.5. The summed E-state index contributed by atoms with van der Waals surface area (Å²) in [6.45, 7) is 3.61. The molecule has 218 valence electrons. The minimum Gasteiger partial charge on any atom is -0.504 e. The van der Waals surface area contributed by atoms with Crippen LogP contribution >= 0.6 is 0 Å². The van der Waals surface area contributed by atoms with Crippen molar-refractivity contribution in [1.82, 2.24) is 0 Å². The number of methoxy groups -OCH3 is 1. The van der Waals surface area contributed by atoms with Gasteiger partial charge in [-0.15, -0.1) is 0 Å². The van der Waals surface area contributed by atoms with Gasteiger partial charge < -0.3 is 34.3 Å². The third-order valence-corrected chi connectivity index (χ3v) is 6.85. The van der Waals surface area contributed by atoms with Gasteiger partial charge >= 0.3 is 11.9 Å². The Bertz CT molecular complexity index is 1130. The molecule has 9 heteroatoms. The van der Waals surface area contributed by atoms with Gasteiger partial charge in [-0.2, -0.15) is 0 Å². The number of benzene rings is 2. The molecule has 40 heavy (non-hydrogen) atoms. The topological polar surface area (TPSA) is 132 Å². The molecule has 0 bridgehead atoms. The van der Waals surface area contributed by atoms with Gasteiger partial charge in [-0.05, 0) is 55.5 Å². The first kappa shape index (κ1) is 31.1. The summed E-state index contributed by atoms with van der Waals surface area (Å²) < 4.78 is 21.8. The summed E-state index contributed by atoms with van der Waals surface area (Å²) in [7, 11) is 1.43. The van der Waals surface area contributed by atoms with Crippen molar-refractivity contribution >= 4 is 18.0 Å². The van der Waals surface area contributed by atoms with Gasteiger partial charge in [0.15, 0.2) is 30.0 Å². The molecule has 0 aliphatic carbocycles. The van der Waals surface area contributed by atoms with Crippen molar-refractivity contribution in [2.75, 3.05) is 7.11 Å². The highest BCUT2D eigenvalue weighted by atomic mass is 16.7. The van der Waals surface area contributed by atoms with Gasteiger partial charge in [0, 0.05) is 12.0 Å². The molecule has 0 saturated carbocycles. The van der Waals surface area contributed by atoms with Crippen LogP contribution < -0.4 is 4.74 Å². The first-order valence-electron chi connectivity index (χ1n) is 13.8. The molecule has 2 aromatic carbocycles. The summed E-state index contributed by atoms with van der Waals surface area (Å²) in [4.78, 5) is 26.1. The molecule has 1 aliphatic heterocycles. The zero-order valence-electron chi connectivity index (χ0n) is 23.3. The molecule has 3 rings (SSSR count). The highest BCUT2D eigenvalue weighted by Crippen LogP contribution is 2.30. The molecule has 0 aromatic heterocycles. The summed E-state index contributed by atoms with van der Waals surface area (Å²) in [6.07, 6.45) is -0.402. The molecule has 0 amide bonds. The molecule has 1 aliphatic rings.